The number of aliphatic imine (C=N–C) groups is 2. The molecule has 182 valence electrons. The minimum Gasteiger partial charge on any atom is -0.324 e. The van der Waals surface area contributed by atoms with Gasteiger partial charge in [0, 0.05) is 23.5 Å². The minimum atomic E-state index is 0.718. The van der Waals surface area contributed by atoms with Crippen molar-refractivity contribution in [3.63, 3.8) is 0 Å². The number of nitrogens with one attached hydrogen (secondary N) is 1. The molecule has 5 nitrogen and oxygen atoms in total. The van der Waals surface area contributed by atoms with Gasteiger partial charge in [0.05, 0.1) is 0 Å². The Morgan fingerprint density at radius 3 is 1.57 bits per heavy atom. The quantitative estimate of drug-likeness (QED) is 0.343. The minimum absolute atomic E-state index is 0.718. The highest BCUT2D eigenvalue weighted by Gasteiger charge is 2.23. The second-order valence-electron chi connectivity index (χ2n) is 10.2. The van der Waals surface area contributed by atoms with E-state index in [2.05, 4.69) is 79.4 Å². The molecule has 1 aliphatic rings. The highest BCUT2D eigenvalue weighted by molar-refractivity contribution is 6.26. The fourth-order valence-corrected chi connectivity index (χ4v) is 4.33. The molecule has 3 aromatic rings. The molecule has 0 aliphatic carbocycles. The van der Waals surface area contributed by atoms with E-state index in [-0.39, 0.29) is 0 Å². The van der Waals surface area contributed by atoms with E-state index in [1.807, 2.05) is 24.5 Å². The van der Waals surface area contributed by atoms with E-state index >= 15 is 0 Å². The average molecular weight is 468 g/mol. The van der Waals surface area contributed by atoms with Crippen LogP contribution >= 0.6 is 0 Å². The van der Waals surface area contributed by atoms with Crippen LogP contribution < -0.4 is 5.32 Å². The maximum Gasteiger partial charge on any atom is 0.154 e. The zero-order valence-electron chi connectivity index (χ0n) is 21.5. The van der Waals surface area contributed by atoms with Crippen molar-refractivity contribution in [2.45, 2.75) is 66.2 Å². The number of nitrogens with zero attached hydrogens (tertiary/aromatic N) is 4. The molecule has 0 bridgehead atoms. The first-order valence-corrected chi connectivity index (χ1v) is 12.9. The van der Waals surface area contributed by atoms with Gasteiger partial charge < -0.3 is 5.32 Å². The summed E-state index contributed by atoms with van der Waals surface area (Å²) in [4.78, 5) is 18.7. The zero-order valence-corrected chi connectivity index (χ0v) is 21.5. The Kier molecular flexibility index (Phi) is 8.40. The molecule has 0 atom stereocenters. The van der Waals surface area contributed by atoms with E-state index in [4.69, 9.17) is 9.98 Å². The predicted octanol–water partition coefficient (Wildman–Crippen LogP) is 7.19. The summed E-state index contributed by atoms with van der Waals surface area (Å²) < 4.78 is 0. The van der Waals surface area contributed by atoms with Gasteiger partial charge in [0.2, 0.25) is 0 Å². The molecule has 35 heavy (non-hydrogen) atoms. The largest absolute Gasteiger partial charge is 0.324 e. The van der Waals surface area contributed by atoms with Crippen LogP contribution in [0.4, 0.5) is 11.6 Å². The third-order valence-electron chi connectivity index (χ3n) is 6.24. The summed E-state index contributed by atoms with van der Waals surface area (Å²) >= 11 is 0. The molecule has 1 N–H and O–H groups in total. The number of benzene rings is 1. The van der Waals surface area contributed by atoms with E-state index in [1.54, 1.807) is 0 Å². The van der Waals surface area contributed by atoms with E-state index in [9.17, 15) is 0 Å². The average Bonchev–Trinajstić information content (AvgIpc) is 3.16. The van der Waals surface area contributed by atoms with Crippen molar-refractivity contribution in [2.75, 3.05) is 0 Å². The van der Waals surface area contributed by atoms with Crippen LogP contribution in [-0.2, 0) is 12.8 Å². The number of aryl methyl sites for hydroxylation is 2. The number of amidine groups is 2. The normalized spacial score (nSPS) is 15.3. The molecule has 0 fully saturated rings. The van der Waals surface area contributed by atoms with Gasteiger partial charge in [0.15, 0.2) is 11.6 Å². The van der Waals surface area contributed by atoms with Crippen molar-refractivity contribution in [3.05, 3.63) is 83.2 Å². The Bertz CT molecular complexity index is 1100. The Balaban J connectivity index is 1.54. The standard InChI is InChI=1S/C30H37N5/c1-21(2)9-7-11-23-15-17-31-27(19-23)33-29-25-13-5-6-14-26(25)30(35-29)34-28-20-24(16-18-32-28)12-8-10-22(3)4/h5-6,13-22H,7-12H2,1-4H3,(H,31,32,33,34,35). The lowest BCUT2D eigenvalue weighted by molar-refractivity contribution is 0.555. The SMILES string of the molecule is CC(C)CCCc1ccnc(/N=C2\N/C(=N/c3cc(CCCC(C)C)ccn3)c3ccccc32)c1. The monoisotopic (exact) mass is 467 g/mol. The van der Waals surface area contributed by atoms with E-state index in [1.165, 1.54) is 36.8 Å². The summed E-state index contributed by atoms with van der Waals surface area (Å²) in [5, 5.41) is 3.43. The van der Waals surface area contributed by atoms with Crippen LogP contribution in [0.25, 0.3) is 0 Å². The molecule has 4 rings (SSSR count). The molecule has 0 spiro atoms. The van der Waals surface area contributed by atoms with Crippen molar-refractivity contribution in [2.24, 2.45) is 21.8 Å². The lowest BCUT2D eigenvalue weighted by Gasteiger charge is -2.06. The first-order chi connectivity index (χ1) is 17.0. The molecule has 2 aromatic heterocycles. The second-order valence-corrected chi connectivity index (χ2v) is 10.2. The lowest BCUT2D eigenvalue weighted by atomic mass is 10.0. The van der Waals surface area contributed by atoms with Gasteiger partial charge in [-0.3, -0.25) is 0 Å². The lowest BCUT2D eigenvalue weighted by Crippen LogP contribution is -2.22. The van der Waals surface area contributed by atoms with Crippen LogP contribution in [-0.4, -0.2) is 21.6 Å². The van der Waals surface area contributed by atoms with Gasteiger partial charge in [-0.2, -0.15) is 0 Å². The third kappa shape index (κ3) is 7.08. The van der Waals surface area contributed by atoms with E-state index in [0.29, 0.717) is 0 Å². The van der Waals surface area contributed by atoms with Gasteiger partial charge in [-0.1, -0.05) is 64.8 Å². The van der Waals surface area contributed by atoms with Crippen molar-refractivity contribution in [3.8, 4) is 0 Å². The number of rotatable bonds is 10. The summed E-state index contributed by atoms with van der Waals surface area (Å²) in [6, 6.07) is 16.6. The summed E-state index contributed by atoms with van der Waals surface area (Å²) in [6.07, 6.45) is 10.6. The third-order valence-corrected chi connectivity index (χ3v) is 6.24. The molecule has 5 heteroatoms. The molecule has 1 aliphatic heterocycles. The Morgan fingerprint density at radius 2 is 1.14 bits per heavy atom. The van der Waals surface area contributed by atoms with Crippen molar-refractivity contribution in [1.82, 2.24) is 15.3 Å². The van der Waals surface area contributed by atoms with E-state index < -0.39 is 0 Å². The van der Waals surface area contributed by atoms with Gasteiger partial charge in [0.1, 0.15) is 11.7 Å². The molecular weight excluding hydrogens is 430 g/mol. The van der Waals surface area contributed by atoms with Crippen molar-refractivity contribution < 1.29 is 0 Å². The van der Waals surface area contributed by atoms with Crippen LogP contribution in [0, 0.1) is 11.8 Å². The van der Waals surface area contributed by atoms with Gasteiger partial charge >= 0.3 is 0 Å². The van der Waals surface area contributed by atoms with Crippen LogP contribution in [0.2, 0.25) is 0 Å². The molecule has 0 unspecified atom stereocenters. The predicted molar refractivity (Wildman–Crippen MR) is 146 cm³/mol. The van der Waals surface area contributed by atoms with Crippen LogP contribution in [0.5, 0.6) is 0 Å². The molecule has 0 radical (unpaired) electrons. The van der Waals surface area contributed by atoms with Gasteiger partial charge in [0.25, 0.3) is 0 Å². The van der Waals surface area contributed by atoms with Gasteiger partial charge in [-0.05, 0) is 72.9 Å². The van der Waals surface area contributed by atoms with Crippen LogP contribution in [0.3, 0.4) is 0 Å². The molecule has 0 saturated heterocycles. The number of pyridine rings is 2. The molecule has 3 heterocycles. The van der Waals surface area contributed by atoms with Crippen LogP contribution in [0.1, 0.15) is 75.6 Å². The topological polar surface area (TPSA) is 62.5 Å². The number of fused-ring (bicyclic) bond motifs is 1. The van der Waals surface area contributed by atoms with Gasteiger partial charge in [-0.25, -0.2) is 20.0 Å². The van der Waals surface area contributed by atoms with Crippen molar-refractivity contribution >= 4 is 23.3 Å². The Labute approximate surface area is 209 Å². The summed E-state index contributed by atoms with van der Waals surface area (Å²) in [7, 11) is 0. The maximum absolute atomic E-state index is 4.86. The van der Waals surface area contributed by atoms with Gasteiger partial charge in [-0.15, -0.1) is 0 Å². The summed E-state index contributed by atoms with van der Waals surface area (Å²) in [5.74, 6) is 4.44. The fraction of sp³-hybridized carbons (Fsp3) is 0.400. The summed E-state index contributed by atoms with van der Waals surface area (Å²) in [5.41, 5.74) is 4.62. The second kappa shape index (κ2) is 11.9. The molecule has 0 amide bonds. The number of hydrogen-bond acceptors (Lipinski definition) is 4. The molecular formula is C30H37N5. The van der Waals surface area contributed by atoms with E-state index in [0.717, 1.165) is 59.1 Å². The summed E-state index contributed by atoms with van der Waals surface area (Å²) in [6.45, 7) is 9.08. The first-order valence-electron chi connectivity index (χ1n) is 12.9. The molecule has 1 aromatic carbocycles. The maximum atomic E-state index is 4.86. The fourth-order valence-electron chi connectivity index (χ4n) is 4.33. The number of aromatic nitrogens is 2. The van der Waals surface area contributed by atoms with Crippen LogP contribution in [0.15, 0.2) is 70.9 Å². The number of hydrogen-bond donors (Lipinski definition) is 1. The molecule has 0 saturated carbocycles. The Hall–Kier alpha value is -3.34. The smallest absolute Gasteiger partial charge is 0.154 e. The van der Waals surface area contributed by atoms with Crippen molar-refractivity contribution in [1.29, 1.82) is 0 Å². The zero-order chi connectivity index (χ0) is 24.6. The first kappa shape index (κ1) is 24.8. The highest BCUT2D eigenvalue weighted by Crippen LogP contribution is 2.23. The Morgan fingerprint density at radius 1 is 0.686 bits per heavy atom. The highest BCUT2D eigenvalue weighted by atomic mass is 15.1.